The highest BCUT2D eigenvalue weighted by Gasteiger charge is 2.04. The van der Waals surface area contributed by atoms with Crippen molar-refractivity contribution in [1.29, 1.82) is 0 Å². The molecule has 1 aromatic carbocycles. The van der Waals surface area contributed by atoms with Gasteiger partial charge in [-0.3, -0.25) is 0 Å². The predicted octanol–water partition coefficient (Wildman–Crippen LogP) is 1.87. The molecule has 0 aliphatic carbocycles. The van der Waals surface area contributed by atoms with Crippen molar-refractivity contribution in [1.82, 2.24) is 9.97 Å². The van der Waals surface area contributed by atoms with Gasteiger partial charge in [0.15, 0.2) is 0 Å². The minimum Gasteiger partial charge on any atom is -0.507 e. The lowest BCUT2D eigenvalue weighted by molar-refractivity contribution is 0.472. The fourth-order valence-corrected chi connectivity index (χ4v) is 1.57. The second-order valence-corrected chi connectivity index (χ2v) is 3.28. The Morgan fingerprint density at radius 3 is 3.09 bits per heavy atom. The van der Waals surface area contributed by atoms with Crippen LogP contribution in [0, 0.1) is 3.57 Å². The molecule has 0 saturated carbocycles. The molecule has 0 fully saturated rings. The number of halogens is 1. The first kappa shape index (κ1) is 6.90. The summed E-state index contributed by atoms with van der Waals surface area (Å²) in [6.45, 7) is 0. The SMILES string of the molecule is Oc1ccc2[nH]cnc2c1I. The number of hydrogen-bond donors (Lipinski definition) is 2. The van der Waals surface area contributed by atoms with Gasteiger partial charge in [0.05, 0.1) is 15.4 Å². The number of imidazole rings is 1. The lowest BCUT2D eigenvalue weighted by Gasteiger charge is -1.95. The highest BCUT2D eigenvalue weighted by atomic mass is 127. The fraction of sp³-hybridized carbons (Fsp3) is 0. The van der Waals surface area contributed by atoms with E-state index in [1.807, 2.05) is 0 Å². The van der Waals surface area contributed by atoms with Crippen LogP contribution >= 0.6 is 22.6 Å². The molecular formula is C7H5IN2O. The number of nitrogens with zero attached hydrogens (tertiary/aromatic N) is 1. The van der Waals surface area contributed by atoms with E-state index < -0.39 is 0 Å². The number of rotatable bonds is 0. The van der Waals surface area contributed by atoms with E-state index in [-0.39, 0.29) is 5.75 Å². The molecule has 0 unspecified atom stereocenters. The molecule has 4 heteroatoms. The van der Waals surface area contributed by atoms with Crippen LogP contribution in [-0.4, -0.2) is 15.1 Å². The van der Waals surface area contributed by atoms with E-state index >= 15 is 0 Å². The lowest BCUT2D eigenvalue weighted by atomic mass is 10.3. The molecule has 2 rings (SSSR count). The summed E-state index contributed by atoms with van der Waals surface area (Å²) in [5, 5.41) is 9.27. The van der Waals surface area contributed by atoms with Crippen LogP contribution in [0.15, 0.2) is 18.5 Å². The number of fused-ring (bicyclic) bond motifs is 1. The Hall–Kier alpha value is -0.780. The number of aromatic hydroxyl groups is 1. The summed E-state index contributed by atoms with van der Waals surface area (Å²) < 4.78 is 0.793. The van der Waals surface area contributed by atoms with Crippen molar-refractivity contribution < 1.29 is 5.11 Å². The van der Waals surface area contributed by atoms with Crippen LogP contribution in [0.2, 0.25) is 0 Å². The maximum absolute atomic E-state index is 9.27. The van der Waals surface area contributed by atoms with Crippen molar-refractivity contribution in [3.8, 4) is 5.75 Å². The third kappa shape index (κ3) is 0.973. The third-order valence-corrected chi connectivity index (χ3v) is 2.57. The lowest BCUT2D eigenvalue weighted by Crippen LogP contribution is -1.76. The van der Waals surface area contributed by atoms with Crippen LogP contribution in [0.25, 0.3) is 11.0 Å². The zero-order valence-corrected chi connectivity index (χ0v) is 7.66. The molecule has 0 aliphatic rings. The zero-order chi connectivity index (χ0) is 7.84. The predicted molar refractivity (Wildman–Crippen MR) is 50.5 cm³/mol. The number of H-pyrrole nitrogens is 1. The molecule has 2 N–H and O–H groups in total. The Morgan fingerprint density at radius 2 is 2.27 bits per heavy atom. The van der Waals surface area contributed by atoms with Gasteiger partial charge in [0.2, 0.25) is 0 Å². The Kier molecular flexibility index (Phi) is 1.49. The summed E-state index contributed by atoms with van der Waals surface area (Å²) in [5.74, 6) is 0.283. The second kappa shape index (κ2) is 2.37. The van der Waals surface area contributed by atoms with Gasteiger partial charge in [-0.1, -0.05) is 0 Å². The van der Waals surface area contributed by atoms with Crippen LogP contribution in [0.1, 0.15) is 0 Å². The number of phenols is 1. The first-order chi connectivity index (χ1) is 5.29. The third-order valence-electron chi connectivity index (χ3n) is 1.51. The van der Waals surface area contributed by atoms with E-state index in [0.717, 1.165) is 14.6 Å². The van der Waals surface area contributed by atoms with Crippen molar-refractivity contribution >= 4 is 33.6 Å². The molecule has 2 aromatic rings. The molecular weight excluding hydrogens is 255 g/mol. The molecule has 3 nitrogen and oxygen atoms in total. The van der Waals surface area contributed by atoms with Crippen molar-refractivity contribution in [3.63, 3.8) is 0 Å². The van der Waals surface area contributed by atoms with Crippen molar-refractivity contribution in [2.24, 2.45) is 0 Å². The highest BCUT2D eigenvalue weighted by molar-refractivity contribution is 14.1. The zero-order valence-electron chi connectivity index (χ0n) is 5.50. The molecule has 0 spiro atoms. The Balaban J connectivity index is 2.93. The fourth-order valence-electron chi connectivity index (χ4n) is 0.963. The summed E-state index contributed by atoms with van der Waals surface area (Å²) in [4.78, 5) is 7.02. The number of hydrogen-bond acceptors (Lipinski definition) is 2. The number of aromatic amines is 1. The van der Waals surface area contributed by atoms with Gasteiger partial charge in [-0.15, -0.1) is 0 Å². The van der Waals surface area contributed by atoms with E-state index in [2.05, 4.69) is 32.6 Å². The van der Waals surface area contributed by atoms with Gasteiger partial charge in [0.1, 0.15) is 11.3 Å². The summed E-state index contributed by atoms with van der Waals surface area (Å²) in [6.07, 6.45) is 1.62. The van der Waals surface area contributed by atoms with Crippen LogP contribution < -0.4 is 0 Å². The monoisotopic (exact) mass is 260 g/mol. The van der Waals surface area contributed by atoms with Crippen LogP contribution in [0.5, 0.6) is 5.75 Å². The smallest absolute Gasteiger partial charge is 0.131 e. The average molecular weight is 260 g/mol. The molecule has 0 amide bonds. The summed E-state index contributed by atoms with van der Waals surface area (Å²) in [5.41, 5.74) is 1.78. The molecule has 0 radical (unpaired) electrons. The number of aromatic nitrogens is 2. The second-order valence-electron chi connectivity index (χ2n) is 2.20. The molecule has 0 aliphatic heterocycles. The van der Waals surface area contributed by atoms with Crippen molar-refractivity contribution in [2.45, 2.75) is 0 Å². The number of phenolic OH excluding ortho intramolecular Hbond substituents is 1. The first-order valence-corrected chi connectivity index (χ1v) is 4.17. The molecule has 56 valence electrons. The van der Waals surface area contributed by atoms with E-state index in [1.165, 1.54) is 0 Å². The van der Waals surface area contributed by atoms with E-state index in [0.29, 0.717) is 0 Å². The maximum Gasteiger partial charge on any atom is 0.131 e. The Bertz CT molecular complexity index is 396. The number of benzene rings is 1. The van der Waals surface area contributed by atoms with Gasteiger partial charge in [0.25, 0.3) is 0 Å². The maximum atomic E-state index is 9.27. The normalized spacial score (nSPS) is 10.6. The minimum atomic E-state index is 0.283. The topological polar surface area (TPSA) is 48.9 Å². The molecule has 0 bridgehead atoms. The Morgan fingerprint density at radius 1 is 1.45 bits per heavy atom. The average Bonchev–Trinajstić information content (AvgIpc) is 2.45. The van der Waals surface area contributed by atoms with Gasteiger partial charge >= 0.3 is 0 Å². The van der Waals surface area contributed by atoms with E-state index in [1.54, 1.807) is 18.5 Å². The van der Waals surface area contributed by atoms with Crippen molar-refractivity contribution in [2.75, 3.05) is 0 Å². The van der Waals surface area contributed by atoms with E-state index in [4.69, 9.17) is 0 Å². The largest absolute Gasteiger partial charge is 0.507 e. The van der Waals surface area contributed by atoms with Gasteiger partial charge < -0.3 is 10.1 Å². The summed E-state index contributed by atoms with van der Waals surface area (Å²) in [6, 6.07) is 3.46. The highest BCUT2D eigenvalue weighted by Crippen LogP contribution is 2.25. The van der Waals surface area contributed by atoms with Gasteiger partial charge in [-0.05, 0) is 34.7 Å². The van der Waals surface area contributed by atoms with Crippen molar-refractivity contribution in [3.05, 3.63) is 22.0 Å². The van der Waals surface area contributed by atoms with Gasteiger partial charge in [0, 0.05) is 0 Å². The van der Waals surface area contributed by atoms with Crippen LogP contribution in [0.4, 0.5) is 0 Å². The minimum absolute atomic E-state index is 0.283. The first-order valence-electron chi connectivity index (χ1n) is 3.09. The molecule has 11 heavy (non-hydrogen) atoms. The number of nitrogens with one attached hydrogen (secondary N) is 1. The quantitative estimate of drug-likeness (QED) is 0.710. The molecule has 0 saturated heterocycles. The molecule has 1 aromatic heterocycles. The van der Waals surface area contributed by atoms with E-state index in [9.17, 15) is 5.11 Å². The van der Waals surface area contributed by atoms with Gasteiger partial charge in [-0.25, -0.2) is 4.98 Å². The molecule has 0 atom stereocenters. The summed E-state index contributed by atoms with van der Waals surface area (Å²) in [7, 11) is 0. The molecule has 1 heterocycles. The van der Waals surface area contributed by atoms with Gasteiger partial charge in [-0.2, -0.15) is 0 Å². The standard InChI is InChI=1S/C7H5IN2O/c8-6-5(11)2-1-4-7(6)10-3-9-4/h1-3,11H,(H,9,10). The van der Waals surface area contributed by atoms with Crippen LogP contribution in [0.3, 0.4) is 0 Å². The summed E-state index contributed by atoms with van der Waals surface area (Å²) >= 11 is 2.07. The van der Waals surface area contributed by atoms with Crippen LogP contribution in [-0.2, 0) is 0 Å². The Labute approximate surface area is 76.6 Å².